The van der Waals surface area contributed by atoms with E-state index in [1.54, 1.807) is 23.6 Å². The SMILES string of the molecule is Cc1nn(-c2ccccc2)nc1-c1nn(CC(=O)N2CCSC2)c(=O)o1. The summed E-state index contributed by atoms with van der Waals surface area (Å²) in [7, 11) is 0. The normalized spacial score (nSPS) is 14.1. The first-order valence-electron chi connectivity index (χ1n) is 8.05. The van der Waals surface area contributed by atoms with E-state index in [0.29, 0.717) is 23.8 Å². The first-order valence-corrected chi connectivity index (χ1v) is 9.20. The molecule has 4 rings (SSSR count). The molecule has 1 aromatic carbocycles. The molecule has 9 nitrogen and oxygen atoms in total. The summed E-state index contributed by atoms with van der Waals surface area (Å²) in [5, 5.41) is 12.8. The predicted octanol–water partition coefficient (Wildman–Crippen LogP) is 0.925. The molecule has 0 unspecified atom stereocenters. The summed E-state index contributed by atoms with van der Waals surface area (Å²) in [6.45, 7) is 2.30. The fourth-order valence-electron chi connectivity index (χ4n) is 2.59. The van der Waals surface area contributed by atoms with E-state index in [9.17, 15) is 9.59 Å². The molecule has 0 radical (unpaired) electrons. The zero-order chi connectivity index (χ0) is 18.1. The van der Waals surface area contributed by atoms with Crippen molar-refractivity contribution in [3.63, 3.8) is 0 Å². The lowest BCUT2D eigenvalue weighted by Crippen LogP contribution is -2.34. The number of rotatable bonds is 4. The first-order chi connectivity index (χ1) is 12.6. The van der Waals surface area contributed by atoms with Gasteiger partial charge in [0.1, 0.15) is 6.54 Å². The van der Waals surface area contributed by atoms with Crippen LogP contribution in [0.2, 0.25) is 0 Å². The number of carbonyl (C=O) groups is 1. The Bertz CT molecular complexity index is 987. The number of amides is 1. The van der Waals surface area contributed by atoms with E-state index >= 15 is 0 Å². The molecule has 0 saturated carbocycles. The van der Waals surface area contributed by atoms with Crippen LogP contribution in [0.25, 0.3) is 17.3 Å². The molecule has 3 aromatic rings. The highest BCUT2D eigenvalue weighted by Crippen LogP contribution is 2.18. The molecule has 1 fully saturated rings. The Hall–Kier alpha value is -2.88. The molecule has 1 saturated heterocycles. The minimum absolute atomic E-state index is 0.0540. The van der Waals surface area contributed by atoms with Crippen molar-refractivity contribution in [1.29, 1.82) is 0 Å². The quantitative estimate of drug-likeness (QED) is 0.671. The van der Waals surface area contributed by atoms with E-state index in [2.05, 4.69) is 15.3 Å². The molecule has 10 heteroatoms. The van der Waals surface area contributed by atoms with Crippen LogP contribution in [0.3, 0.4) is 0 Å². The highest BCUT2D eigenvalue weighted by molar-refractivity contribution is 7.99. The summed E-state index contributed by atoms with van der Waals surface area (Å²) in [5.41, 5.74) is 1.73. The molecule has 134 valence electrons. The van der Waals surface area contributed by atoms with Gasteiger partial charge in [-0.25, -0.2) is 4.79 Å². The van der Waals surface area contributed by atoms with Crippen molar-refractivity contribution in [3.8, 4) is 17.3 Å². The molecule has 3 heterocycles. The molecule has 0 spiro atoms. The van der Waals surface area contributed by atoms with Crippen molar-refractivity contribution < 1.29 is 9.21 Å². The van der Waals surface area contributed by atoms with Crippen LogP contribution in [0.1, 0.15) is 5.69 Å². The minimum Gasteiger partial charge on any atom is -0.386 e. The standard InChI is InChI=1S/C16H16N6O3S/c1-11-14(18-22(17-11)12-5-3-2-4-6-12)15-19-21(16(24)25-15)9-13(23)20-7-8-26-10-20/h2-6H,7-10H2,1H3. The van der Waals surface area contributed by atoms with Gasteiger partial charge in [0.15, 0.2) is 5.69 Å². The van der Waals surface area contributed by atoms with E-state index in [4.69, 9.17) is 4.42 Å². The van der Waals surface area contributed by atoms with Gasteiger partial charge in [-0.15, -0.1) is 22.0 Å². The molecule has 26 heavy (non-hydrogen) atoms. The number of thioether (sulfide) groups is 1. The van der Waals surface area contributed by atoms with Crippen LogP contribution in [-0.2, 0) is 11.3 Å². The molecule has 1 aliphatic rings. The second-order valence-corrected chi connectivity index (χ2v) is 6.86. The number of nitrogens with zero attached hydrogens (tertiary/aromatic N) is 6. The number of hydrogen-bond donors (Lipinski definition) is 0. The van der Waals surface area contributed by atoms with Gasteiger partial charge in [0, 0.05) is 12.3 Å². The lowest BCUT2D eigenvalue weighted by molar-refractivity contribution is -0.130. The number of carbonyl (C=O) groups excluding carboxylic acids is 1. The molecule has 2 aromatic heterocycles. The zero-order valence-electron chi connectivity index (χ0n) is 14.0. The maximum absolute atomic E-state index is 12.2. The fourth-order valence-corrected chi connectivity index (χ4v) is 3.57. The number of para-hydroxylation sites is 1. The molecule has 0 atom stereocenters. The Morgan fingerprint density at radius 3 is 2.77 bits per heavy atom. The number of aryl methyl sites for hydroxylation is 1. The van der Waals surface area contributed by atoms with Crippen molar-refractivity contribution in [3.05, 3.63) is 46.6 Å². The smallest absolute Gasteiger partial charge is 0.386 e. The first kappa shape index (κ1) is 16.6. The second kappa shape index (κ2) is 6.79. The third kappa shape index (κ3) is 3.15. The van der Waals surface area contributed by atoms with Gasteiger partial charge < -0.3 is 9.32 Å². The van der Waals surface area contributed by atoms with E-state index in [1.165, 1.54) is 4.80 Å². The largest absolute Gasteiger partial charge is 0.437 e. The van der Waals surface area contributed by atoms with E-state index in [0.717, 1.165) is 16.1 Å². The predicted molar refractivity (Wildman–Crippen MR) is 94.9 cm³/mol. The van der Waals surface area contributed by atoms with Crippen molar-refractivity contribution in [2.75, 3.05) is 18.2 Å². The van der Waals surface area contributed by atoms with E-state index in [-0.39, 0.29) is 18.3 Å². The van der Waals surface area contributed by atoms with Crippen molar-refractivity contribution in [1.82, 2.24) is 29.7 Å². The lowest BCUT2D eigenvalue weighted by Gasteiger charge is -2.12. The van der Waals surface area contributed by atoms with Gasteiger partial charge in [-0.1, -0.05) is 18.2 Å². The fraction of sp³-hybridized carbons (Fsp3) is 0.312. The van der Waals surface area contributed by atoms with Gasteiger partial charge in [-0.05, 0) is 19.1 Å². The Kier molecular flexibility index (Phi) is 4.33. The summed E-state index contributed by atoms with van der Waals surface area (Å²) < 4.78 is 6.23. The highest BCUT2D eigenvalue weighted by Gasteiger charge is 2.23. The Labute approximate surface area is 152 Å². The molecule has 0 aliphatic carbocycles. The van der Waals surface area contributed by atoms with Gasteiger partial charge in [0.05, 0.1) is 17.3 Å². The van der Waals surface area contributed by atoms with Crippen LogP contribution in [0, 0.1) is 6.92 Å². The third-order valence-corrected chi connectivity index (χ3v) is 4.93. The highest BCUT2D eigenvalue weighted by atomic mass is 32.2. The second-order valence-electron chi connectivity index (χ2n) is 5.78. The van der Waals surface area contributed by atoms with Crippen LogP contribution >= 0.6 is 11.8 Å². The molecular weight excluding hydrogens is 356 g/mol. The van der Waals surface area contributed by atoms with Crippen molar-refractivity contribution in [2.45, 2.75) is 13.5 Å². The van der Waals surface area contributed by atoms with Gasteiger partial charge in [0.2, 0.25) is 5.91 Å². The van der Waals surface area contributed by atoms with Gasteiger partial charge in [-0.2, -0.15) is 14.6 Å². The van der Waals surface area contributed by atoms with Crippen LogP contribution < -0.4 is 5.76 Å². The molecule has 0 N–H and O–H groups in total. The zero-order valence-corrected chi connectivity index (χ0v) is 14.8. The van der Waals surface area contributed by atoms with Crippen molar-refractivity contribution in [2.24, 2.45) is 0 Å². The number of benzene rings is 1. The Morgan fingerprint density at radius 1 is 1.23 bits per heavy atom. The van der Waals surface area contributed by atoms with Gasteiger partial charge in [-0.3, -0.25) is 4.79 Å². The Balaban J connectivity index is 1.60. The summed E-state index contributed by atoms with van der Waals surface area (Å²) in [4.78, 5) is 27.4. The van der Waals surface area contributed by atoms with E-state index < -0.39 is 5.76 Å². The summed E-state index contributed by atoms with van der Waals surface area (Å²) in [5.74, 6) is 0.767. The summed E-state index contributed by atoms with van der Waals surface area (Å²) in [6, 6.07) is 9.39. The molecule has 0 bridgehead atoms. The number of aromatic nitrogens is 5. The maximum Gasteiger partial charge on any atom is 0.437 e. The Morgan fingerprint density at radius 2 is 2.04 bits per heavy atom. The van der Waals surface area contributed by atoms with Gasteiger partial charge >= 0.3 is 5.76 Å². The van der Waals surface area contributed by atoms with Crippen LogP contribution in [0.15, 0.2) is 39.5 Å². The lowest BCUT2D eigenvalue weighted by atomic mass is 10.3. The monoisotopic (exact) mass is 372 g/mol. The third-order valence-electron chi connectivity index (χ3n) is 3.97. The van der Waals surface area contributed by atoms with Crippen LogP contribution in [0.4, 0.5) is 0 Å². The van der Waals surface area contributed by atoms with Crippen LogP contribution in [-0.4, -0.2) is 53.8 Å². The van der Waals surface area contributed by atoms with E-state index in [1.807, 2.05) is 30.3 Å². The summed E-state index contributed by atoms with van der Waals surface area (Å²) >= 11 is 1.68. The topological polar surface area (TPSA) is 99.0 Å². The average Bonchev–Trinajstić information content (AvgIpc) is 3.37. The molecule has 1 aliphatic heterocycles. The maximum atomic E-state index is 12.2. The molecular formula is C16H16N6O3S. The van der Waals surface area contributed by atoms with Crippen LogP contribution in [0.5, 0.6) is 0 Å². The van der Waals surface area contributed by atoms with Crippen molar-refractivity contribution >= 4 is 17.7 Å². The van der Waals surface area contributed by atoms with Gasteiger partial charge in [0.25, 0.3) is 5.89 Å². The molecule has 1 amide bonds. The minimum atomic E-state index is -0.686. The average molecular weight is 372 g/mol. The number of hydrogen-bond acceptors (Lipinski definition) is 7. The summed E-state index contributed by atoms with van der Waals surface area (Å²) in [6.07, 6.45) is 0.